The third-order valence-electron chi connectivity index (χ3n) is 6.12. The molecular weight excluding hydrogens is 458 g/mol. The van der Waals surface area contributed by atoms with E-state index in [1.807, 2.05) is 29.6 Å². The number of rotatable bonds is 5. The molecule has 0 spiro atoms. The summed E-state index contributed by atoms with van der Waals surface area (Å²) < 4.78 is 26.9. The monoisotopic (exact) mass is 483 g/mol. The highest BCUT2D eigenvalue weighted by Crippen LogP contribution is 2.24. The Kier molecular flexibility index (Phi) is 6.13. The third kappa shape index (κ3) is 4.50. The fraction of sp³-hybridized carbons (Fsp3) is 0.348. The fourth-order valence-electron chi connectivity index (χ4n) is 4.22. The van der Waals surface area contributed by atoms with Gasteiger partial charge in [-0.2, -0.15) is 4.31 Å². The maximum absolute atomic E-state index is 13.0. The number of nitrogens with zero attached hydrogens (tertiary/aromatic N) is 5. The third-order valence-corrected chi connectivity index (χ3v) is 8.92. The molecule has 2 saturated heterocycles. The number of aromatic nitrogens is 2. The van der Waals surface area contributed by atoms with Crippen molar-refractivity contribution in [2.45, 2.75) is 17.7 Å². The first-order valence-electron chi connectivity index (χ1n) is 11.0. The van der Waals surface area contributed by atoms with Crippen molar-refractivity contribution >= 4 is 33.1 Å². The fourth-order valence-corrected chi connectivity index (χ4v) is 6.43. The Labute approximate surface area is 197 Å². The first-order valence-corrected chi connectivity index (χ1v) is 13.4. The molecule has 4 heterocycles. The maximum atomic E-state index is 13.0. The summed E-state index contributed by atoms with van der Waals surface area (Å²) in [7, 11) is -3.47. The average molecular weight is 484 g/mol. The topological polar surface area (TPSA) is 86.7 Å². The van der Waals surface area contributed by atoms with Gasteiger partial charge in [0.1, 0.15) is 5.69 Å². The van der Waals surface area contributed by atoms with Crippen LogP contribution in [-0.2, 0) is 10.0 Å². The summed E-state index contributed by atoms with van der Waals surface area (Å²) in [6.45, 7) is 3.60. The zero-order valence-corrected chi connectivity index (χ0v) is 19.8. The van der Waals surface area contributed by atoms with Crippen LogP contribution in [0.3, 0.4) is 0 Å². The first kappa shape index (κ1) is 22.0. The molecule has 3 aromatic rings. The summed E-state index contributed by atoms with van der Waals surface area (Å²) in [4.78, 5) is 18.2. The Morgan fingerprint density at radius 3 is 2.18 bits per heavy atom. The largest absolute Gasteiger partial charge is 0.352 e. The van der Waals surface area contributed by atoms with Gasteiger partial charge < -0.3 is 9.80 Å². The van der Waals surface area contributed by atoms with Gasteiger partial charge >= 0.3 is 0 Å². The lowest BCUT2D eigenvalue weighted by atomic mass is 10.2. The van der Waals surface area contributed by atoms with Crippen molar-refractivity contribution in [3.63, 3.8) is 0 Å². The van der Waals surface area contributed by atoms with Gasteiger partial charge in [-0.3, -0.25) is 4.79 Å². The van der Waals surface area contributed by atoms with Crippen LogP contribution in [0, 0.1) is 0 Å². The zero-order valence-electron chi connectivity index (χ0n) is 18.1. The Bertz CT molecular complexity index is 1200. The molecule has 172 valence electrons. The Balaban J connectivity index is 1.20. The lowest BCUT2D eigenvalue weighted by Gasteiger charge is -2.35. The van der Waals surface area contributed by atoms with E-state index in [1.54, 1.807) is 40.5 Å². The molecule has 5 rings (SSSR count). The van der Waals surface area contributed by atoms with Gasteiger partial charge in [-0.15, -0.1) is 21.5 Å². The smallest absolute Gasteiger partial charge is 0.253 e. The number of hydrogen-bond donors (Lipinski definition) is 0. The molecule has 0 atom stereocenters. The minimum Gasteiger partial charge on any atom is -0.352 e. The van der Waals surface area contributed by atoms with Crippen LogP contribution in [0.5, 0.6) is 0 Å². The lowest BCUT2D eigenvalue weighted by Crippen LogP contribution is -2.49. The van der Waals surface area contributed by atoms with Gasteiger partial charge in [-0.1, -0.05) is 6.07 Å². The second kappa shape index (κ2) is 9.20. The molecule has 0 bridgehead atoms. The van der Waals surface area contributed by atoms with Crippen LogP contribution in [0.1, 0.15) is 23.2 Å². The Hall–Kier alpha value is -2.82. The highest BCUT2D eigenvalue weighted by molar-refractivity contribution is 7.89. The molecular formula is C23H25N5O3S2. The van der Waals surface area contributed by atoms with E-state index in [4.69, 9.17) is 0 Å². The molecule has 2 aliphatic rings. The van der Waals surface area contributed by atoms with Crippen molar-refractivity contribution in [1.29, 1.82) is 0 Å². The summed E-state index contributed by atoms with van der Waals surface area (Å²) in [5, 5.41) is 10.7. The molecule has 0 unspecified atom stereocenters. The van der Waals surface area contributed by atoms with E-state index in [-0.39, 0.29) is 10.8 Å². The van der Waals surface area contributed by atoms with Gasteiger partial charge in [0.25, 0.3) is 5.91 Å². The zero-order chi connectivity index (χ0) is 22.8. The normalized spacial score (nSPS) is 17.5. The van der Waals surface area contributed by atoms with Crippen LogP contribution in [0.15, 0.2) is 58.8 Å². The number of benzene rings is 1. The van der Waals surface area contributed by atoms with Crippen molar-refractivity contribution in [2.24, 2.45) is 0 Å². The number of amides is 1. The molecule has 0 aliphatic carbocycles. The minimum atomic E-state index is -3.47. The number of hydrogen-bond acceptors (Lipinski definition) is 7. The Morgan fingerprint density at radius 2 is 1.58 bits per heavy atom. The van der Waals surface area contributed by atoms with Crippen molar-refractivity contribution < 1.29 is 13.2 Å². The highest BCUT2D eigenvalue weighted by Gasteiger charge is 2.28. The Morgan fingerprint density at radius 1 is 0.848 bits per heavy atom. The van der Waals surface area contributed by atoms with E-state index in [0.717, 1.165) is 29.2 Å². The second-order valence-corrected chi connectivity index (χ2v) is 11.1. The van der Waals surface area contributed by atoms with E-state index in [1.165, 1.54) is 4.31 Å². The molecule has 2 fully saturated rings. The summed E-state index contributed by atoms with van der Waals surface area (Å²) in [6.07, 6.45) is 1.79. The maximum Gasteiger partial charge on any atom is 0.253 e. The summed E-state index contributed by atoms with van der Waals surface area (Å²) in [5.41, 5.74) is 1.36. The molecule has 1 aromatic carbocycles. The van der Waals surface area contributed by atoms with Crippen LogP contribution in [0.25, 0.3) is 10.6 Å². The number of sulfonamides is 1. The minimum absolute atomic E-state index is 0.0844. The van der Waals surface area contributed by atoms with Crippen molar-refractivity contribution in [1.82, 2.24) is 19.4 Å². The predicted molar refractivity (Wildman–Crippen MR) is 128 cm³/mol. The molecule has 2 aromatic heterocycles. The van der Waals surface area contributed by atoms with Gasteiger partial charge in [0.05, 0.1) is 9.77 Å². The number of piperazine rings is 1. The molecule has 8 nitrogen and oxygen atoms in total. The van der Waals surface area contributed by atoms with Gasteiger partial charge in [0, 0.05) is 44.8 Å². The first-order chi connectivity index (χ1) is 16.0. The number of carbonyl (C=O) groups excluding carboxylic acids is 1. The molecule has 10 heteroatoms. The SMILES string of the molecule is O=C(c1ccc(S(=O)(=O)N2CCCC2)cc1)N1CCN(c2ccc(-c3cccs3)nn2)CC1. The highest BCUT2D eigenvalue weighted by atomic mass is 32.2. The van der Waals surface area contributed by atoms with Gasteiger partial charge in [-0.05, 0) is 60.7 Å². The number of thiophene rings is 1. The summed E-state index contributed by atoms with van der Waals surface area (Å²) >= 11 is 1.63. The van der Waals surface area contributed by atoms with Crippen LogP contribution in [-0.4, -0.2) is 73.0 Å². The van der Waals surface area contributed by atoms with E-state index in [9.17, 15) is 13.2 Å². The molecule has 2 aliphatic heterocycles. The van der Waals surface area contributed by atoms with Gasteiger partial charge in [0.15, 0.2) is 5.82 Å². The van der Waals surface area contributed by atoms with E-state index in [2.05, 4.69) is 15.1 Å². The van der Waals surface area contributed by atoms with Gasteiger partial charge in [-0.25, -0.2) is 8.42 Å². The van der Waals surface area contributed by atoms with E-state index < -0.39 is 10.0 Å². The lowest BCUT2D eigenvalue weighted by molar-refractivity contribution is 0.0746. The van der Waals surface area contributed by atoms with Crippen LogP contribution < -0.4 is 4.90 Å². The van der Waals surface area contributed by atoms with Crippen molar-refractivity contribution in [2.75, 3.05) is 44.2 Å². The molecule has 33 heavy (non-hydrogen) atoms. The molecule has 0 N–H and O–H groups in total. The van der Waals surface area contributed by atoms with E-state index in [0.29, 0.717) is 44.8 Å². The second-order valence-electron chi connectivity index (χ2n) is 8.17. The summed E-state index contributed by atoms with van der Waals surface area (Å²) in [6, 6.07) is 14.3. The quantitative estimate of drug-likeness (QED) is 0.555. The average Bonchev–Trinajstić information content (AvgIpc) is 3.59. The van der Waals surface area contributed by atoms with Crippen LogP contribution >= 0.6 is 11.3 Å². The van der Waals surface area contributed by atoms with Crippen LogP contribution in [0.2, 0.25) is 0 Å². The van der Waals surface area contributed by atoms with Crippen molar-refractivity contribution in [3.8, 4) is 10.6 Å². The summed E-state index contributed by atoms with van der Waals surface area (Å²) in [5.74, 6) is 0.720. The molecule has 1 amide bonds. The predicted octanol–water partition coefficient (Wildman–Crippen LogP) is 2.95. The molecule has 0 saturated carbocycles. The van der Waals surface area contributed by atoms with Crippen LogP contribution in [0.4, 0.5) is 5.82 Å². The number of anilines is 1. The molecule has 0 radical (unpaired) electrons. The standard InChI is InChI=1S/C23H25N5O3S2/c29-23(18-5-7-19(8-6-18)33(30,31)28-11-1-2-12-28)27-15-13-26(14-16-27)22-10-9-20(24-25-22)21-4-3-17-32-21/h3-10,17H,1-2,11-16H2. The van der Waals surface area contributed by atoms with Gasteiger partial charge in [0.2, 0.25) is 10.0 Å². The van der Waals surface area contributed by atoms with Crippen molar-refractivity contribution in [3.05, 3.63) is 59.5 Å². The number of carbonyl (C=O) groups is 1. The van der Waals surface area contributed by atoms with E-state index >= 15 is 0 Å².